The SMILES string of the molecule is CC(C(=O)N(C)C1CCCCC1)N(C)Cc1ccc(F)cc1F. The van der Waals surface area contributed by atoms with E-state index in [1.807, 2.05) is 18.9 Å². The Balaban J connectivity index is 1.97. The summed E-state index contributed by atoms with van der Waals surface area (Å²) in [4.78, 5) is 16.3. The summed E-state index contributed by atoms with van der Waals surface area (Å²) in [5.74, 6) is -1.10. The number of amides is 1. The number of benzene rings is 1. The molecule has 0 bridgehead atoms. The predicted octanol–water partition coefficient (Wildman–Crippen LogP) is 3.58. The molecule has 0 aromatic heterocycles. The Kier molecular flexibility index (Phi) is 6.10. The Morgan fingerprint density at radius 3 is 2.48 bits per heavy atom. The van der Waals surface area contributed by atoms with E-state index >= 15 is 0 Å². The van der Waals surface area contributed by atoms with Gasteiger partial charge in [0.25, 0.3) is 0 Å². The minimum absolute atomic E-state index is 0.0573. The third-order valence-corrected chi connectivity index (χ3v) is 4.92. The van der Waals surface area contributed by atoms with Gasteiger partial charge in [-0.1, -0.05) is 25.3 Å². The Bertz CT molecular complexity index is 544. The van der Waals surface area contributed by atoms with Crippen molar-refractivity contribution >= 4 is 5.91 Å². The first kappa shape index (κ1) is 17.9. The lowest BCUT2D eigenvalue weighted by molar-refractivity contribution is -0.137. The van der Waals surface area contributed by atoms with Crippen molar-refractivity contribution in [3.05, 3.63) is 35.4 Å². The highest BCUT2D eigenvalue weighted by Crippen LogP contribution is 2.23. The van der Waals surface area contributed by atoms with Crippen LogP contribution in [-0.4, -0.2) is 41.9 Å². The smallest absolute Gasteiger partial charge is 0.239 e. The molecule has 5 heteroatoms. The largest absolute Gasteiger partial charge is 0.341 e. The molecule has 1 amide bonds. The second-order valence-corrected chi connectivity index (χ2v) is 6.57. The Hall–Kier alpha value is -1.49. The fourth-order valence-electron chi connectivity index (χ4n) is 3.19. The topological polar surface area (TPSA) is 23.6 Å². The number of carbonyl (C=O) groups is 1. The van der Waals surface area contributed by atoms with Gasteiger partial charge in [0, 0.05) is 31.3 Å². The molecule has 0 N–H and O–H groups in total. The molecule has 1 aromatic carbocycles. The van der Waals surface area contributed by atoms with Gasteiger partial charge in [-0.25, -0.2) is 8.78 Å². The van der Waals surface area contributed by atoms with Crippen LogP contribution in [0.25, 0.3) is 0 Å². The Morgan fingerprint density at radius 1 is 1.22 bits per heavy atom. The summed E-state index contributed by atoms with van der Waals surface area (Å²) in [7, 11) is 3.65. The van der Waals surface area contributed by atoms with E-state index < -0.39 is 11.6 Å². The molecule has 1 unspecified atom stereocenters. The Morgan fingerprint density at radius 2 is 1.87 bits per heavy atom. The summed E-state index contributed by atoms with van der Waals surface area (Å²) < 4.78 is 26.7. The third-order valence-electron chi connectivity index (χ3n) is 4.92. The van der Waals surface area contributed by atoms with Crippen molar-refractivity contribution in [1.29, 1.82) is 0 Å². The van der Waals surface area contributed by atoms with Crippen LogP contribution in [0.1, 0.15) is 44.6 Å². The second kappa shape index (κ2) is 7.86. The molecule has 1 atom stereocenters. The van der Waals surface area contributed by atoms with E-state index in [-0.39, 0.29) is 18.5 Å². The summed E-state index contributed by atoms with van der Waals surface area (Å²) in [5, 5.41) is 0. The summed E-state index contributed by atoms with van der Waals surface area (Å²) in [6.45, 7) is 2.11. The van der Waals surface area contributed by atoms with Crippen molar-refractivity contribution in [2.45, 2.75) is 57.7 Å². The van der Waals surface area contributed by atoms with Crippen molar-refractivity contribution in [2.75, 3.05) is 14.1 Å². The minimum atomic E-state index is -0.588. The molecule has 1 aliphatic rings. The average Bonchev–Trinajstić information content (AvgIpc) is 2.56. The zero-order valence-electron chi connectivity index (χ0n) is 14.2. The highest BCUT2D eigenvalue weighted by molar-refractivity contribution is 5.81. The molecule has 2 rings (SSSR count). The maximum absolute atomic E-state index is 13.8. The van der Waals surface area contributed by atoms with Crippen LogP contribution < -0.4 is 0 Å². The van der Waals surface area contributed by atoms with Crippen LogP contribution in [0.4, 0.5) is 8.78 Å². The fraction of sp³-hybridized carbons (Fsp3) is 0.611. The van der Waals surface area contributed by atoms with Crippen molar-refractivity contribution in [3.63, 3.8) is 0 Å². The maximum Gasteiger partial charge on any atom is 0.239 e. The van der Waals surface area contributed by atoms with Gasteiger partial charge in [-0.3, -0.25) is 9.69 Å². The number of nitrogens with zero attached hydrogens (tertiary/aromatic N) is 2. The zero-order chi connectivity index (χ0) is 17.0. The van der Waals surface area contributed by atoms with Gasteiger partial charge in [0.2, 0.25) is 5.91 Å². The first-order valence-electron chi connectivity index (χ1n) is 8.31. The van der Waals surface area contributed by atoms with Gasteiger partial charge < -0.3 is 4.90 Å². The lowest BCUT2D eigenvalue weighted by atomic mass is 9.94. The van der Waals surface area contributed by atoms with E-state index in [0.29, 0.717) is 11.6 Å². The third kappa shape index (κ3) is 4.50. The van der Waals surface area contributed by atoms with Crippen LogP contribution in [0.5, 0.6) is 0 Å². The van der Waals surface area contributed by atoms with Gasteiger partial charge in [-0.05, 0) is 32.9 Å². The summed E-state index contributed by atoms with van der Waals surface area (Å²) in [6, 6.07) is 3.53. The number of hydrogen-bond acceptors (Lipinski definition) is 2. The van der Waals surface area contributed by atoms with Crippen LogP contribution in [0.15, 0.2) is 18.2 Å². The molecule has 1 aliphatic carbocycles. The second-order valence-electron chi connectivity index (χ2n) is 6.57. The van der Waals surface area contributed by atoms with E-state index in [9.17, 15) is 13.6 Å². The zero-order valence-corrected chi connectivity index (χ0v) is 14.2. The summed E-state index contributed by atoms with van der Waals surface area (Å²) in [6.07, 6.45) is 5.72. The highest BCUT2D eigenvalue weighted by atomic mass is 19.1. The molecular weight excluding hydrogens is 298 g/mol. The van der Waals surface area contributed by atoms with Crippen LogP contribution in [0.3, 0.4) is 0 Å². The van der Waals surface area contributed by atoms with Gasteiger partial charge in [0.1, 0.15) is 11.6 Å². The molecule has 3 nitrogen and oxygen atoms in total. The quantitative estimate of drug-likeness (QED) is 0.826. The summed E-state index contributed by atoms with van der Waals surface area (Å²) in [5.41, 5.74) is 0.397. The van der Waals surface area contributed by atoms with E-state index in [1.165, 1.54) is 31.4 Å². The van der Waals surface area contributed by atoms with E-state index in [4.69, 9.17) is 0 Å². The monoisotopic (exact) mass is 324 g/mol. The molecule has 23 heavy (non-hydrogen) atoms. The molecule has 1 saturated carbocycles. The predicted molar refractivity (Wildman–Crippen MR) is 86.9 cm³/mol. The number of halogens is 2. The van der Waals surface area contributed by atoms with E-state index in [0.717, 1.165) is 18.9 Å². The molecule has 1 aromatic rings. The Labute approximate surface area is 137 Å². The van der Waals surface area contributed by atoms with Crippen molar-refractivity contribution < 1.29 is 13.6 Å². The summed E-state index contributed by atoms with van der Waals surface area (Å²) >= 11 is 0. The number of likely N-dealkylation sites (N-methyl/N-ethyl adjacent to an activating group) is 2. The normalized spacial score (nSPS) is 17.3. The maximum atomic E-state index is 13.8. The van der Waals surface area contributed by atoms with Crippen LogP contribution in [0.2, 0.25) is 0 Å². The molecule has 0 aliphatic heterocycles. The molecule has 0 radical (unpaired) electrons. The molecule has 0 spiro atoms. The first-order chi connectivity index (χ1) is 10.9. The first-order valence-corrected chi connectivity index (χ1v) is 8.31. The van der Waals surface area contributed by atoms with Gasteiger partial charge in [-0.2, -0.15) is 0 Å². The molecule has 0 saturated heterocycles. The van der Waals surface area contributed by atoms with Gasteiger partial charge in [-0.15, -0.1) is 0 Å². The molecule has 1 fully saturated rings. The number of rotatable bonds is 5. The van der Waals surface area contributed by atoms with Crippen molar-refractivity contribution in [1.82, 2.24) is 9.80 Å². The fourth-order valence-corrected chi connectivity index (χ4v) is 3.19. The number of carbonyl (C=O) groups excluding carboxylic acids is 1. The van der Waals surface area contributed by atoms with Crippen molar-refractivity contribution in [2.24, 2.45) is 0 Å². The van der Waals surface area contributed by atoms with Gasteiger partial charge in [0.15, 0.2) is 0 Å². The number of hydrogen-bond donors (Lipinski definition) is 0. The van der Waals surface area contributed by atoms with Crippen LogP contribution >= 0.6 is 0 Å². The standard InChI is InChI=1S/C18H26F2N2O/c1-13(18(23)22(3)16-7-5-4-6-8-16)21(2)12-14-9-10-15(19)11-17(14)20/h9-11,13,16H,4-8,12H2,1-3H3. The van der Waals surface area contributed by atoms with Gasteiger partial charge >= 0.3 is 0 Å². The van der Waals surface area contributed by atoms with Crippen molar-refractivity contribution in [3.8, 4) is 0 Å². The molecular formula is C18H26F2N2O. The van der Waals surface area contributed by atoms with Crippen LogP contribution in [0, 0.1) is 11.6 Å². The van der Waals surface area contributed by atoms with Crippen LogP contribution in [-0.2, 0) is 11.3 Å². The minimum Gasteiger partial charge on any atom is -0.341 e. The molecule has 128 valence electrons. The van der Waals surface area contributed by atoms with Gasteiger partial charge in [0.05, 0.1) is 6.04 Å². The van der Waals surface area contributed by atoms with E-state index in [1.54, 1.807) is 11.9 Å². The molecule has 0 heterocycles. The average molecular weight is 324 g/mol. The lowest BCUT2D eigenvalue weighted by Gasteiger charge is -2.35. The highest BCUT2D eigenvalue weighted by Gasteiger charge is 2.27. The lowest BCUT2D eigenvalue weighted by Crippen LogP contribution is -2.48. The van der Waals surface area contributed by atoms with E-state index in [2.05, 4.69) is 0 Å².